The molecule has 8 heteroatoms. The van der Waals surface area contributed by atoms with Crippen LogP contribution >= 0.6 is 0 Å². The predicted octanol–water partition coefficient (Wildman–Crippen LogP) is 2.76. The smallest absolute Gasteiger partial charge is 0.261 e. The van der Waals surface area contributed by atoms with E-state index >= 15 is 0 Å². The van der Waals surface area contributed by atoms with Crippen LogP contribution in [-0.4, -0.2) is 29.6 Å². The van der Waals surface area contributed by atoms with Crippen LogP contribution in [0, 0.1) is 0 Å². The molecule has 2 aromatic rings. The second-order valence-electron chi connectivity index (χ2n) is 6.39. The molecule has 1 N–H and O–H groups in total. The van der Waals surface area contributed by atoms with Crippen molar-refractivity contribution in [3.8, 4) is 0 Å². The first-order chi connectivity index (χ1) is 12.2. The van der Waals surface area contributed by atoms with Crippen LogP contribution in [0.2, 0.25) is 0 Å². The average Bonchev–Trinajstić information content (AvgIpc) is 2.60. The predicted molar refractivity (Wildman–Crippen MR) is 104 cm³/mol. The third kappa shape index (κ3) is 3.86. The number of hydrogen-bond acceptors (Lipinski definition) is 4. The first-order valence-electron chi connectivity index (χ1n) is 8.43. The van der Waals surface area contributed by atoms with Crippen molar-refractivity contribution in [2.24, 2.45) is 0 Å². The Morgan fingerprint density at radius 2 is 1.73 bits per heavy atom. The van der Waals surface area contributed by atoms with Gasteiger partial charge in [-0.05, 0) is 60.7 Å². The molecule has 0 unspecified atom stereocenters. The Bertz CT molecular complexity index is 1010. The number of fused-ring (bicyclic) bond motifs is 1. The van der Waals surface area contributed by atoms with Crippen molar-refractivity contribution in [3.63, 3.8) is 0 Å². The van der Waals surface area contributed by atoms with Gasteiger partial charge in [-0.3, -0.25) is 9.03 Å². The molecular formula is C18H22N2O4S2. The summed E-state index contributed by atoms with van der Waals surface area (Å²) in [6.45, 7) is 2.45. The summed E-state index contributed by atoms with van der Waals surface area (Å²) >= 11 is 0. The van der Waals surface area contributed by atoms with Crippen LogP contribution in [0.25, 0.3) is 0 Å². The van der Waals surface area contributed by atoms with E-state index < -0.39 is 20.0 Å². The van der Waals surface area contributed by atoms with Crippen molar-refractivity contribution >= 4 is 31.4 Å². The molecule has 2 aromatic carbocycles. The van der Waals surface area contributed by atoms with Crippen molar-refractivity contribution in [1.29, 1.82) is 0 Å². The fourth-order valence-electron chi connectivity index (χ4n) is 3.09. The maximum atomic E-state index is 12.6. The van der Waals surface area contributed by atoms with E-state index in [-0.39, 0.29) is 4.90 Å². The number of nitrogens with one attached hydrogen (secondary N) is 1. The minimum absolute atomic E-state index is 0.199. The van der Waals surface area contributed by atoms with Gasteiger partial charge in [-0.25, -0.2) is 16.8 Å². The van der Waals surface area contributed by atoms with Crippen molar-refractivity contribution in [2.75, 3.05) is 21.8 Å². The third-order valence-corrected chi connectivity index (χ3v) is 7.03. The first kappa shape index (κ1) is 18.7. The molecule has 0 bridgehead atoms. The molecule has 0 aliphatic carbocycles. The highest BCUT2D eigenvalue weighted by Gasteiger charge is 2.24. The summed E-state index contributed by atoms with van der Waals surface area (Å²) in [5, 5.41) is 0. The maximum Gasteiger partial charge on any atom is 0.261 e. The molecule has 0 spiro atoms. The van der Waals surface area contributed by atoms with E-state index in [1.807, 2.05) is 6.92 Å². The van der Waals surface area contributed by atoms with Gasteiger partial charge in [-0.1, -0.05) is 19.1 Å². The number of hydrogen-bond donors (Lipinski definition) is 1. The van der Waals surface area contributed by atoms with Crippen LogP contribution in [0.15, 0.2) is 47.4 Å². The minimum atomic E-state index is -3.69. The molecule has 3 rings (SSSR count). The van der Waals surface area contributed by atoms with Crippen molar-refractivity contribution in [2.45, 2.75) is 31.1 Å². The lowest BCUT2D eigenvalue weighted by molar-refractivity contribution is 0.592. The van der Waals surface area contributed by atoms with E-state index in [2.05, 4.69) is 4.72 Å². The van der Waals surface area contributed by atoms with E-state index in [0.717, 1.165) is 17.5 Å². The summed E-state index contributed by atoms with van der Waals surface area (Å²) in [4.78, 5) is 0.199. The summed E-state index contributed by atoms with van der Waals surface area (Å²) in [5.41, 5.74) is 2.94. The highest BCUT2D eigenvalue weighted by molar-refractivity contribution is 7.92. The zero-order valence-corrected chi connectivity index (χ0v) is 16.4. The number of rotatable bonds is 5. The molecule has 0 fully saturated rings. The fraction of sp³-hybridized carbons (Fsp3) is 0.333. The van der Waals surface area contributed by atoms with Crippen molar-refractivity contribution in [1.82, 2.24) is 0 Å². The lowest BCUT2D eigenvalue weighted by Gasteiger charge is -2.29. The lowest BCUT2D eigenvalue weighted by Crippen LogP contribution is -2.34. The van der Waals surface area contributed by atoms with Gasteiger partial charge in [-0.2, -0.15) is 0 Å². The van der Waals surface area contributed by atoms with Gasteiger partial charge in [0.25, 0.3) is 10.0 Å². The second-order valence-corrected chi connectivity index (χ2v) is 9.97. The lowest BCUT2D eigenvalue weighted by atomic mass is 10.0. The molecule has 6 nitrogen and oxygen atoms in total. The molecule has 1 aliphatic heterocycles. The molecule has 1 heterocycles. The molecule has 26 heavy (non-hydrogen) atoms. The summed E-state index contributed by atoms with van der Waals surface area (Å²) in [7, 11) is -7.03. The van der Waals surface area contributed by atoms with Crippen LogP contribution < -0.4 is 9.03 Å². The van der Waals surface area contributed by atoms with Crippen LogP contribution in [0.3, 0.4) is 0 Å². The van der Waals surface area contributed by atoms with Crippen molar-refractivity contribution in [3.05, 3.63) is 53.6 Å². The van der Waals surface area contributed by atoms with E-state index in [1.54, 1.807) is 42.5 Å². The van der Waals surface area contributed by atoms with Gasteiger partial charge < -0.3 is 0 Å². The van der Waals surface area contributed by atoms with Crippen LogP contribution in [0.5, 0.6) is 0 Å². The molecule has 140 valence electrons. The average molecular weight is 395 g/mol. The van der Waals surface area contributed by atoms with E-state index in [4.69, 9.17) is 0 Å². The fourth-order valence-corrected chi connectivity index (χ4v) is 5.13. The monoisotopic (exact) mass is 394 g/mol. The van der Waals surface area contributed by atoms with E-state index in [9.17, 15) is 16.8 Å². The van der Waals surface area contributed by atoms with Crippen LogP contribution in [-0.2, 0) is 32.9 Å². The van der Waals surface area contributed by atoms with E-state index in [0.29, 0.717) is 30.8 Å². The zero-order valence-electron chi connectivity index (χ0n) is 14.8. The quantitative estimate of drug-likeness (QED) is 0.845. The number of benzene rings is 2. The molecule has 0 radical (unpaired) electrons. The summed E-state index contributed by atoms with van der Waals surface area (Å²) < 4.78 is 52.9. The molecule has 0 aromatic heterocycles. The molecule has 0 saturated heterocycles. The first-order valence-corrected chi connectivity index (χ1v) is 11.8. The molecule has 0 saturated carbocycles. The molecule has 0 amide bonds. The summed E-state index contributed by atoms with van der Waals surface area (Å²) in [5.74, 6) is 0. The number of anilines is 2. The number of sulfonamides is 2. The normalized spacial score (nSPS) is 14.8. The zero-order chi connectivity index (χ0) is 18.9. The molecule has 1 aliphatic rings. The highest BCUT2D eigenvalue weighted by Crippen LogP contribution is 2.32. The Kier molecular flexibility index (Phi) is 4.98. The standard InChI is InChI=1S/C18H22N2O4S2/c1-3-14-6-9-17(10-7-14)26(23,24)19-16-8-11-18-15(13-16)5-4-12-20(18)25(2,21)22/h6-11,13,19H,3-5,12H2,1-2H3. The van der Waals surface area contributed by atoms with Crippen LogP contribution in [0.1, 0.15) is 24.5 Å². The van der Waals surface area contributed by atoms with E-state index in [1.165, 1.54) is 10.6 Å². The Balaban J connectivity index is 1.89. The van der Waals surface area contributed by atoms with Gasteiger partial charge in [0.2, 0.25) is 10.0 Å². The van der Waals surface area contributed by atoms with Crippen LogP contribution in [0.4, 0.5) is 11.4 Å². The van der Waals surface area contributed by atoms with Gasteiger partial charge in [0.15, 0.2) is 0 Å². The molecule has 0 atom stereocenters. The highest BCUT2D eigenvalue weighted by atomic mass is 32.2. The summed E-state index contributed by atoms with van der Waals surface area (Å²) in [6.07, 6.45) is 3.44. The Morgan fingerprint density at radius 1 is 1.04 bits per heavy atom. The topological polar surface area (TPSA) is 83.6 Å². The van der Waals surface area contributed by atoms with Gasteiger partial charge in [0, 0.05) is 12.2 Å². The Hall–Kier alpha value is -2.06. The van der Waals surface area contributed by atoms with Gasteiger partial charge in [0.1, 0.15) is 0 Å². The largest absolute Gasteiger partial charge is 0.280 e. The minimum Gasteiger partial charge on any atom is -0.280 e. The SMILES string of the molecule is CCc1ccc(S(=O)(=O)Nc2ccc3c(c2)CCCN3S(C)(=O)=O)cc1. The molecular weight excluding hydrogens is 372 g/mol. The van der Waals surface area contributed by atoms with Gasteiger partial charge >= 0.3 is 0 Å². The van der Waals surface area contributed by atoms with Gasteiger partial charge in [0.05, 0.1) is 16.8 Å². The Morgan fingerprint density at radius 3 is 2.35 bits per heavy atom. The third-order valence-electron chi connectivity index (χ3n) is 4.45. The number of aryl methyl sites for hydroxylation is 2. The van der Waals surface area contributed by atoms with Gasteiger partial charge in [-0.15, -0.1) is 0 Å². The van der Waals surface area contributed by atoms with Crippen molar-refractivity contribution < 1.29 is 16.8 Å². The Labute approximate surface area is 155 Å². The maximum absolute atomic E-state index is 12.6. The summed E-state index contributed by atoms with van der Waals surface area (Å²) in [6, 6.07) is 11.7. The second kappa shape index (κ2) is 6.92. The number of nitrogens with zero attached hydrogens (tertiary/aromatic N) is 1.